The van der Waals surface area contributed by atoms with Gasteiger partial charge >= 0.3 is 0 Å². The van der Waals surface area contributed by atoms with Crippen LogP contribution in [0.3, 0.4) is 0 Å². The Morgan fingerprint density at radius 3 is 2.30 bits per heavy atom. The third-order valence-corrected chi connectivity index (χ3v) is 5.57. The van der Waals surface area contributed by atoms with E-state index in [1.165, 1.54) is 36.8 Å². The first kappa shape index (κ1) is 17.9. The molecule has 4 rings (SSSR count). The molecule has 0 saturated carbocycles. The Morgan fingerprint density at radius 2 is 1.67 bits per heavy atom. The fraction of sp³-hybridized carbons (Fsp3) is 0.391. The minimum Gasteiger partial charge on any atom is -0.338 e. The lowest BCUT2D eigenvalue weighted by atomic mass is 9.91. The highest BCUT2D eigenvalue weighted by atomic mass is 16.5. The average molecular weight is 361 g/mol. The number of piperidine rings is 1. The largest absolute Gasteiger partial charge is 0.338 e. The molecule has 0 aliphatic carbocycles. The molecule has 0 N–H and O–H groups in total. The Kier molecular flexibility index (Phi) is 5.64. The molecule has 0 unspecified atom stereocenters. The summed E-state index contributed by atoms with van der Waals surface area (Å²) in [7, 11) is 0. The lowest BCUT2D eigenvalue weighted by molar-refractivity contribution is 0.120. The number of benzene rings is 2. The van der Waals surface area contributed by atoms with Gasteiger partial charge in [0.15, 0.2) is 5.82 Å². The minimum absolute atomic E-state index is 0.00627. The van der Waals surface area contributed by atoms with Crippen molar-refractivity contribution in [2.75, 3.05) is 6.54 Å². The lowest BCUT2D eigenvalue weighted by Crippen LogP contribution is -2.38. The molecular weight excluding hydrogens is 334 g/mol. The zero-order valence-corrected chi connectivity index (χ0v) is 15.9. The molecule has 4 heteroatoms. The predicted octanol–water partition coefficient (Wildman–Crippen LogP) is 5.01. The molecule has 27 heavy (non-hydrogen) atoms. The number of aromatic nitrogens is 2. The number of nitrogens with zero attached hydrogens (tertiary/aromatic N) is 3. The van der Waals surface area contributed by atoms with E-state index >= 15 is 0 Å². The Hall–Kier alpha value is -2.46. The second kappa shape index (κ2) is 8.49. The van der Waals surface area contributed by atoms with E-state index in [1.807, 2.05) is 12.1 Å². The van der Waals surface area contributed by atoms with E-state index in [-0.39, 0.29) is 5.92 Å². The number of rotatable bonds is 6. The topological polar surface area (TPSA) is 42.2 Å². The maximum atomic E-state index is 5.68. The molecule has 2 aromatic carbocycles. The molecule has 4 nitrogen and oxygen atoms in total. The second-order valence-corrected chi connectivity index (χ2v) is 7.33. The van der Waals surface area contributed by atoms with Crippen LogP contribution < -0.4 is 0 Å². The number of likely N-dealkylation sites (tertiary alicyclic amines) is 1. The van der Waals surface area contributed by atoms with Gasteiger partial charge in [0.2, 0.25) is 5.89 Å². The highest BCUT2D eigenvalue weighted by Gasteiger charge is 2.25. The molecule has 1 saturated heterocycles. The van der Waals surface area contributed by atoms with Gasteiger partial charge in [-0.15, -0.1) is 0 Å². The standard InChI is InChI=1S/C23H27N3O/c1-2-20-15-9-10-16-26(20)17-21-24-23(25-27-21)22(18-11-5-3-6-12-18)19-13-7-4-8-14-19/h3-8,11-14,20,22H,2,9-10,15-17H2,1H3/t20-/m1/s1. The van der Waals surface area contributed by atoms with Crippen LogP contribution in [-0.2, 0) is 6.54 Å². The van der Waals surface area contributed by atoms with Crippen molar-refractivity contribution in [2.24, 2.45) is 0 Å². The summed E-state index contributed by atoms with van der Waals surface area (Å²) in [4.78, 5) is 7.31. The third-order valence-electron chi connectivity index (χ3n) is 5.57. The monoisotopic (exact) mass is 361 g/mol. The third kappa shape index (κ3) is 4.11. The van der Waals surface area contributed by atoms with Gasteiger partial charge in [0, 0.05) is 6.04 Å². The Bertz CT molecular complexity index is 792. The van der Waals surface area contributed by atoms with Gasteiger partial charge < -0.3 is 4.52 Å². The normalized spacial score (nSPS) is 18.1. The summed E-state index contributed by atoms with van der Waals surface area (Å²) in [6.45, 7) is 4.14. The van der Waals surface area contributed by atoms with Crippen LogP contribution >= 0.6 is 0 Å². The van der Waals surface area contributed by atoms with Crippen molar-refractivity contribution in [1.82, 2.24) is 15.0 Å². The molecule has 1 atom stereocenters. The highest BCUT2D eigenvalue weighted by Crippen LogP contribution is 2.30. The van der Waals surface area contributed by atoms with Gasteiger partial charge in [0.1, 0.15) is 0 Å². The van der Waals surface area contributed by atoms with Crippen LogP contribution in [-0.4, -0.2) is 27.6 Å². The Morgan fingerprint density at radius 1 is 1.00 bits per heavy atom. The summed E-state index contributed by atoms with van der Waals surface area (Å²) >= 11 is 0. The molecule has 1 fully saturated rings. The highest BCUT2D eigenvalue weighted by molar-refractivity contribution is 5.37. The molecule has 140 valence electrons. The van der Waals surface area contributed by atoms with Crippen LogP contribution in [0, 0.1) is 0 Å². The van der Waals surface area contributed by atoms with Gasteiger partial charge in [0.25, 0.3) is 0 Å². The minimum atomic E-state index is -0.00627. The van der Waals surface area contributed by atoms with Gasteiger partial charge in [-0.3, -0.25) is 4.90 Å². The number of hydrogen-bond acceptors (Lipinski definition) is 4. The van der Waals surface area contributed by atoms with Crippen molar-refractivity contribution < 1.29 is 4.52 Å². The van der Waals surface area contributed by atoms with Crippen molar-refractivity contribution in [3.63, 3.8) is 0 Å². The summed E-state index contributed by atoms with van der Waals surface area (Å²) in [5, 5.41) is 4.37. The average Bonchev–Trinajstić information content (AvgIpc) is 3.18. The maximum Gasteiger partial charge on any atom is 0.240 e. The number of hydrogen-bond donors (Lipinski definition) is 0. The van der Waals surface area contributed by atoms with Crippen LogP contribution in [0.2, 0.25) is 0 Å². The SMILES string of the molecule is CC[C@@H]1CCCCN1Cc1nc(C(c2ccccc2)c2ccccc2)no1. The molecule has 2 heterocycles. The van der Waals surface area contributed by atoms with Crippen molar-refractivity contribution in [1.29, 1.82) is 0 Å². The quantitative estimate of drug-likeness (QED) is 0.619. The van der Waals surface area contributed by atoms with Gasteiger partial charge in [-0.2, -0.15) is 4.98 Å². The first-order valence-electron chi connectivity index (χ1n) is 10.0. The molecule has 1 aliphatic rings. The van der Waals surface area contributed by atoms with E-state index < -0.39 is 0 Å². The van der Waals surface area contributed by atoms with E-state index in [0.29, 0.717) is 6.04 Å². The van der Waals surface area contributed by atoms with Crippen molar-refractivity contribution in [3.05, 3.63) is 83.5 Å². The smallest absolute Gasteiger partial charge is 0.240 e. The van der Waals surface area contributed by atoms with Gasteiger partial charge in [-0.05, 0) is 36.9 Å². The van der Waals surface area contributed by atoms with Crippen LogP contribution in [0.4, 0.5) is 0 Å². The van der Waals surface area contributed by atoms with Crippen LogP contribution in [0.15, 0.2) is 65.2 Å². The molecule has 1 aliphatic heterocycles. The zero-order chi connectivity index (χ0) is 18.5. The predicted molar refractivity (Wildman–Crippen MR) is 106 cm³/mol. The van der Waals surface area contributed by atoms with E-state index in [1.54, 1.807) is 0 Å². The second-order valence-electron chi connectivity index (χ2n) is 7.33. The summed E-state index contributed by atoms with van der Waals surface area (Å²) in [5.74, 6) is 1.46. The van der Waals surface area contributed by atoms with E-state index in [9.17, 15) is 0 Å². The van der Waals surface area contributed by atoms with Crippen LogP contribution in [0.5, 0.6) is 0 Å². The van der Waals surface area contributed by atoms with E-state index in [2.05, 4.69) is 65.5 Å². The van der Waals surface area contributed by atoms with E-state index in [4.69, 9.17) is 9.51 Å². The molecule has 0 amide bonds. The van der Waals surface area contributed by atoms with Gasteiger partial charge in [-0.1, -0.05) is 79.2 Å². The lowest BCUT2D eigenvalue weighted by Gasteiger charge is -2.33. The van der Waals surface area contributed by atoms with Crippen molar-refractivity contribution in [3.8, 4) is 0 Å². The van der Waals surface area contributed by atoms with Crippen LogP contribution in [0.1, 0.15) is 61.4 Å². The Balaban J connectivity index is 1.60. The Labute approximate surface area is 161 Å². The first-order valence-corrected chi connectivity index (χ1v) is 10.0. The molecule has 0 radical (unpaired) electrons. The summed E-state index contributed by atoms with van der Waals surface area (Å²) < 4.78 is 5.68. The molecular formula is C23H27N3O. The van der Waals surface area contributed by atoms with Crippen molar-refractivity contribution in [2.45, 2.75) is 51.1 Å². The van der Waals surface area contributed by atoms with Crippen LogP contribution in [0.25, 0.3) is 0 Å². The zero-order valence-electron chi connectivity index (χ0n) is 15.9. The molecule has 0 bridgehead atoms. The van der Waals surface area contributed by atoms with E-state index in [0.717, 1.165) is 24.8 Å². The molecule has 3 aromatic rings. The van der Waals surface area contributed by atoms with Crippen molar-refractivity contribution >= 4 is 0 Å². The maximum absolute atomic E-state index is 5.68. The summed E-state index contributed by atoms with van der Waals surface area (Å²) in [5.41, 5.74) is 2.36. The van der Waals surface area contributed by atoms with Gasteiger partial charge in [0.05, 0.1) is 12.5 Å². The fourth-order valence-corrected chi connectivity index (χ4v) is 4.14. The fourth-order valence-electron chi connectivity index (χ4n) is 4.14. The first-order chi connectivity index (χ1) is 13.3. The molecule has 0 spiro atoms. The molecule has 1 aromatic heterocycles. The summed E-state index contributed by atoms with van der Waals surface area (Å²) in [6.07, 6.45) is 5.04. The van der Waals surface area contributed by atoms with Gasteiger partial charge in [-0.25, -0.2) is 0 Å². The summed E-state index contributed by atoms with van der Waals surface area (Å²) in [6, 6.07) is 21.5.